The third-order valence-corrected chi connectivity index (χ3v) is 7.14. The van der Waals surface area contributed by atoms with Crippen molar-refractivity contribution in [1.29, 1.82) is 0 Å². The second-order valence-electron chi connectivity index (χ2n) is 9.45. The molecule has 9 nitrogen and oxygen atoms in total. The maximum Gasteiger partial charge on any atom is 0.294 e. The summed E-state index contributed by atoms with van der Waals surface area (Å²) in [5, 5.41) is 16.5. The topological polar surface area (TPSA) is 92.4 Å². The highest BCUT2D eigenvalue weighted by molar-refractivity contribution is 6.33. The second kappa shape index (κ2) is 9.40. The highest BCUT2D eigenvalue weighted by atomic mass is 35.5. The molecule has 2 aromatic heterocycles. The van der Waals surface area contributed by atoms with E-state index in [-0.39, 0.29) is 10.6 Å². The first-order valence-electron chi connectivity index (χ1n) is 11.8. The SMILES string of the molecule is Cc1cccc2c(-c3nc(Nc4ccc(N5CCC(N(C)C)C5)c([N+](=O)[O-])c4)ncc3Cl)cn(C)c12. The minimum atomic E-state index is -0.337. The minimum Gasteiger partial charge on any atom is -0.364 e. The summed E-state index contributed by atoms with van der Waals surface area (Å²) in [5.41, 5.74) is 4.99. The first-order chi connectivity index (χ1) is 17.2. The molecule has 1 fully saturated rings. The fourth-order valence-corrected chi connectivity index (χ4v) is 5.20. The van der Waals surface area contributed by atoms with Crippen molar-refractivity contribution in [2.45, 2.75) is 19.4 Å². The van der Waals surface area contributed by atoms with Crippen LogP contribution >= 0.6 is 11.6 Å². The van der Waals surface area contributed by atoms with E-state index in [2.05, 4.69) is 42.6 Å². The number of anilines is 3. The van der Waals surface area contributed by atoms with Crippen LogP contribution < -0.4 is 10.2 Å². The summed E-state index contributed by atoms with van der Waals surface area (Å²) in [5.74, 6) is 0.315. The summed E-state index contributed by atoms with van der Waals surface area (Å²) in [6.07, 6.45) is 4.53. The normalized spacial score (nSPS) is 15.7. The molecule has 1 atom stereocenters. The number of hydrogen-bond donors (Lipinski definition) is 1. The molecule has 1 saturated heterocycles. The fourth-order valence-electron chi connectivity index (χ4n) is 5.00. The molecule has 0 spiro atoms. The fraction of sp³-hybridized carbons (Fsp3) is 0.308. The average Bonchev–Trinajstić information content (AvgIpc) is 3.46. The minimum absolute atomic E-state index is 0.0538. The Balaban J connectivity index is 1.47. The van der Waals surface area contributed by atoms with Crippen LogP contribution in [0.3, 0.4) is 0 Å². The van der Waals surface area contributed by atoms with E-state index < -0.39 is 0 Å². The highest BCUT2D eigenvalue weighted by Gasteiger charge is 2.29. The number of aromatic nitrogens is 3. The molecule has 0 amide bonds. The van der Waals surface area contributed by atoms with E-state index in [0.29, 0.717) is 34.1 Å². The summed E-state index contributed by atoms with van der Waals surface area (Å²) in [6, 6.07) is 11.7. The molecule has 4 aromatic rings. The number of benzene rings is 2. The van der Waals surface area contributed by atoms with Crippen LogP contribution in [-0.2, 0) is 7.05 Å². The number of fused-ring (bicyclic) bond motifs is 1. The van der Waals surface area contributed by atoms with E-state index in [9.17, 15) is 10.1 Å². The number of nitro benzene ring substituents is 1. The van der Waals surface area contributed by atoms with Gasteiger partial charge in [0.15, 0.2) is 0 Å². The number of likely N-dealkylation sites (N-methyl/N-ethyl adjacent to an activating group) is 1. The maximum absolute atomic E-state index is 11.9. The van der Waals surface area contributed by atoms with Gasteiger partial charge in [-0.2, -0.15) is 0 Å². The lowest BCUT2D eigenvalue weighted by Crippen LogP contribution is -2.31. The molecule has 1 aliphatic heterocycles. The van der Waals surface area contributed by atoms with E-state index >= 15 is 0 Å². The number of nitrogens with one attached hydrogen (secondary N) is 1. The van der Waals surface area contributed by atoms with Gasteiger partial charge in [-0.3, -0.25) is 10.1 Å². The van der Waals surface area contributed by atoms with Crippen molar-refractivity contribution in [3.8, 4) is 11.3 Å². The molecule has 0 aliphatic carbocycles. The van der Waals surface area contributed by atoms with E-state index in [0.717, 1.165) is 41.5 Å². The number of hydrogen-bond acceptors (Lipinski definition) is 7. The zero-order valence-electron chi connectivity index (χ0n) is 20.7. The Kier molecular flexibility index (Phi) is 6.27. The average molecular weight is 506 g/mol. The number of rotatable bonds is 6. The van der Waals surface area contributed by atoms with Gasteiger partial charge in [0, 0.05) is 55.1 Å². The van der Waals surface area contributed by atoms with E-state index in [4.69, 9.17) is 11.6 Å². The zero-order chi connectivity index (χ0) is 25.6. The maximum atomic E-state index is 11.9. The lowest BCUT2D eigenvalue weighted by atomic mass is 10.1. The Labute approximate surface area is 214 Å². The molecule has 5 rings (SSSR count). The molecule has 186 valence electrons. The molecule has 0 radical (unpaired) electrons. The molecular formula is C26H28ClN7O2. The summed E-state index contributed by atoms with van der Waals surface area (Å²) in [7, 11) is 6.07. The predicted octanol–water partition coefficient (Wildman–Crippen LogP) is 5.39. The van der Waals surface area contributed by atoms with Gasteiger partial charge in [-0.15, -0.1) is 0 Å². The summed E-state index contributed by atoms with van der Waals surface area (Å²) in [4.78, 5) is 24.8. The number of aryl methyl sites for hydroxylation is 2. The second-order valence-corrected chi connectivity index (χ2v) is 9.86. The number of nitro groups is 1. The monoisotopic (exact) mass is 505 g/mol. The molecular weight excluding hydrogens is 478 g/mol. The molecule has 0 bridgehead atoms. The third-order valence-electron chi connectivity index (χ3n) is 6.87. The summed E-state index contributed by atoms with van der Waals surface area (Å²) < 4.78 is 2.06. The Morgan fingerprint density at radius 3 is 2.78 bits per heavy atom. The molecule has 2 aromatic carbocycles. The predicted molar refractivity (Wildman–Crippen MR) is 144 cm³/mol. The molecule has 3 heterocycles. The van der Waals surface area contributed by atoms with Crippen LogP contribution in [0.25, 0.3) is 22.2 Å². The number of nitrogens with zero attached hydrogens (tertiary/aromatic N) is 6. The van der Waals surface area contributed by atoms with Crippen molar-refractivity contribution >= 4 is 45.5 Å². The molecule has 1 aliphatic rings. The van der Waals surface area contributed by atoms with Gasteiger partial charge in [0.05, 0.1) is 27.4 Å². The Morgan fingerprint density at radius 1 is 1.25 bits per heavy atom. The lowest BCUT2D eigenvalue weighted by molar-refractivity contribution is -0.384. The summed E-state index contributed by atoms with van der Waals surface area (Å²) in [6.45, 7) is 3.61. The standard InChI is InChI=1S/C26H28ClN7O2/c1-16-6-5-7-19-20(15-32(4)25(16)19)24-21(27)13-28-26(30-24)29-17-8-9-22(23(12-17)34(35)36)33-11-10-18(14-33)31(2)3/h5-9,12-13,15,18H,10-11,14H2,1-4H3,(H,28,29,30). The van der Waals surface area contributed by atoms with E-state index in [1.165, 1.54) is 6.07 Å². The molecule has 0 saturated carbocycles. The molecule has 1 unspecified atom stereocenters. The molecule has 10 heteroatoms. The largest absolute Gasteiger partial charge is 0.364 e. The van der Waals surface area contributed by atoms with Gasteiger partial charge in [0.2, 0.25) is 5.95 Å². The van der Waals surface area contributed by atoms with Crippen molar-refractivity contribution in [2.75, 3.05) is 37.4 Å². The van der Waals surface area contributed by atoms with Gasteiger partial charge in [-0.25, -0.2) is 9.97 Å². The first-order valence-corrected chi connectivity index (χ1v) is 12.1. The summed E-state index contributed by atoms with van der Waals surface area (Å²) >= 11 is 6.52. The van der Waals surface area contributed by atoms with Gasteiger partial charge in [-0.1, -0.05) is 29.8 Å². The smallest absolute Gasteiger partial charge is 0.294 e. The number of halogens is 1. The third kappa shape index (κ3) is 4.36. The number of para-hydroxylation sites is 1. The van der Waals surface area contributed by atoms with E-state index in [1.807, 2.05) is 45.5 Å². The lowest BCUT2D eigenvalue weighted by Gasteiger charge is -2.22. The van der Waals surface area contributed by atoms with Crippen LogP contribution in [0.15, 0.2) is 48.8 Å². The van der Waals surface area contributed by atoms with Gasteiger partial charge in [-0.05, 0) is 45.1 Å². The Morgan fingerprint density at radius 2 is 2.06 bits per heavy atom. The Hall–Kier alpha value is -3.69. The van der Waals surface area contributed by atoms with Crippen LogP contribution in [0, 0.1) is 17.0 Å². The van der Waals surface area contributed by atoms with Crippen LogP contribution in [0.5, 0.6) is 0 Å². The quantitative estimate of drug-likeness (QED) is 0.277. The highest BCUT2D eigenvalue weighted by Crippen LogP contribution is 2.37. The van der Waals surface area contributed by atoms with Gasteiger partial charge >= 0.3 is 0 Å². The zero-order valence-corrected chi connectivity index (χ0v) is 21.5. The van der Waals surface area contributed by atoms with Gasteiger partial charge in [0.25, 0.3) is 5.69 Å². The van der Waals surface area contributed by atoms with Gasteiger partial charge < -0.3 is 19.7 Å². The van der Waals surface area contributed by atoms with Crippen molar-refractivity contribution < 1.29 is 4.92 Å². The Bertz CT molecular complexity index is 1470. The van der Waals surface area contributed by atoms with E-state index in [1.54, 1.807) is 12.3 Å². The van der Waals surface area contributed by atoms with Crippen molar-refractivity contribution in [1.82, 2.24) is 19.4 Å². The van der Waals surface area contributed by atoms with Crippen LogP contribution in [0.4, 0.5) is 23.0 Å². The first kappa shape index (κ1) is 24.0. The van der Waals surface area contributed by atoms with Crippen molar-refractivity contribution in [3.05, 3.63) is 69.5 Å². The van der Waals surface area contributed by atoms with Crippen molar-refractivity contribution in [2.24, 2.45) is 7.05 Å². The molecule has 36 heavy (non-hydrogen) atoms. The van der Waals surface area contributed by atoms with Crippen LogP contribution in [0.1, 0.15) is 12.0 Å². The molecule has 1 N–H and O–H groups in total. The van der Waals surface area contributed by atoms with Crippen LogP contribution in [-0.4, -0.2) is 57.6 Å². The van der Waals surface area contributed by atoms with Crippen molar-refractivity contribution in [3.63, 3.8) is 0 Å². The van der Waals surface area contributed by atoms with Gasteiger partial charge in [0.1, 0.15) is 5.69 Å². The van der Waals surface area contributed by atoms with Crippen LogP contribution in [0.2, 0.25) is 5.02 Å².